The van der Waals surface area contributed by atoms with Crippen LogP contribution in [-0.2, 0) is 9.59 Å². The van der Waals surface area contributed by atoms with E-state index in [1.54, 1.807) is 0 Å². The predicted molar refractivity (Wildman–Crippen MR) is 41.2 cm³/mol. The largest absolute Gasteiger partial charge is 0.396 e. The molecule has 0 aromatic rings. The summed E-state index contributed by atoms with van der Waals surface area (Å²) in [4.78, 5) is 21.6. The molecular formula is C8H14O3. The zero-order valence-corrected chi connectivity index (χ0v) is 6.80. The smallest absolute Gasteiger partial charge is 0.198 e. The third-order valence-corrected chi connectivity index (χ3v) is 1.35. The van der Waals surface area contributed by atoms with Crippen LogP contribution >= 0.6 is 0 Å². The van der Waals surface area contributed by atoms with Crippen molar-refractivity contribution in [3.05, 3.63) is 0 Å². The number of rotatable bonds is 6. The third kappa shape index (κ3) is 4.67. The van der Waals surface area contributed by atoms with Gasteiger partial charge in [0.15, 0.2) is 11.6 Å². The number of carbonyl (C=O) groups is 2. The van der Waals surface area contributed by atoms with Crippen molar-refractivity contribution in [2.45, 2.75) is 32.6 Å². The maximum atomic E-state index is 10.8. The van der Waals surface area contributed by atoms with Crippen LogP contribution in [0.5, 0.6) is 0 Å². The highest BCUT2D eigenvalue weighted by molar-refractivity contribution is 6.37. The highest BCUT2D eigenvalue weighted by Crippen LogP contribution is 1.96. The van der Waals surface area contributed by atoms with E-state index in [-0.39, 0.29) is 24.6 Å². The number of Topliss-reactive ketones (excluding diaryl/α,β-unsaturated/α-hetero) is 2. The van der Waals surface area contributed by atoms with Gasteiger partial charge in [-0.15, -0.1) is 0 Å². The first-order valence-electron chi connectivity index (χ1n) is 3.89. The van der Waals surface area contributed by atoms with Crippen molar-refractivity contribution < 1.29 is 14.7 Å². The zero-order chi connectivity index (χ0) is 8.69. The van der Waals surface area contributed by atoms with Gasteiger partial charge < -0.3 is 5.11 Å². The quantitative estimate of drug-likeness (QED) is 0.579. The van der Waals surface area contributed by atoms with Gasteiger partial charge in [0.05, 0.1) is 0 Å². The van der Waals surface area contributed by atoms with Crippen molar-refractivity contribution in [2.24, 2.45) is 0 Å². The average molecular weight is 158 g/mol. The summed E-state index contributed by atoms with van der Waals surface area (Å²) in [7, 11) is 0. The summed E-state index contributed by atoms with van der Waals surface area (Å²) in [6.45, 7) is 1.84. The molecule has 0 saturated carbocycles. The molecule has 0 saturated heterocycles. The lowest BCUT2D eigenvalue weighted by molar-refractivity contribution is -0.136. The zero-order valence-electron chi connectivity index (χ0n) is 6.80. The van der Waals surface area contributed by atoms with Crippen LogP contribution in [0.15, 0.2) is 0 Å². The number of carbonyl (C=O) groups excluding carboxylic acids is 2. The molecule has 0 atom stereocenters. The van der Waals surface area contributed by atoms with Gasteiger partial charge in [0.2, 0.25) is 0 Å². The van der Waals surface area contributed by atoms with Crippen LogP contribution in [-0.4, -0.2) is 23.3 Å². The maximum absolute atomic E-state index is 10.8. The lowest BCUT2D eigenvalue weighted by Gasteiger charge is -1.95. The first-order chi connectivity index (χ1) is 5.22. The lowest BCUT2D eigenvalue weighted by Crippen LogP contribution is -2.13. The van der Waals surface area contributed by atoms with Gasteiger partial charge in [0.25, 0.3) is 0 Å². The fraction of sp³-hybridized carbons (Fsp3) is 0.750. The first kappa shape index (κ1) is 10.3. The van der Waals surface area contributed by atoms with Crippen LogP contribution in [0, 0.1) is 0 Å². The van der Waals surface area contributed by atoms with Crippen molar-refractivity contribution in [3.8, 4) is 0 Å². The van der Waals surface area contributed by atoms with Gasteiger partial charge in [-0.1, -0.05) is 6.92 Å². The minimum Gasteiger partial charge on any atom is -0.396 e. The summed E-state index contributed by atoms with van der Waals surface area (Å²) in [5.74, 6) is -0.651. The second-order valence-corrected chi connectivity index (χ2v) is 2.42. The molecule has 0 aromatic heterocycles. The Balaban J connectivity index is 3.56. The summed E-state index contributed by atoms with van der Waals surface area (Å²) >= 11 is 0. The molecule has 11 heavy (non-hydrogen) atoms. The number of ketones is 2. The fourth-order valence-corrected chi connectivity index (χ4v) is 0.746. The molecule has 0 aliphatic carbocycles. The molecule has 0 fully saturated rings. The molecule has 0 unspecified atom stereocenters. The first-order valence-corrected chi connectivity index (χ1v) is 3.89. The van der Waals surface area contributed by atoms with Gasteiger partial charge in [-0.2, -0.15) is 0 Å². The van der Waals surface area contributed by atoms with E-state index in [0.717, 1.165) is 0 Å². The molecule has 0 amide bonds. The lowest BCUT2D eigenvalue weighted by atomic mass is 10.1. The number of aliphatic hydroxyl groups excluding tert-OH is 1. The van der Waals surface area contributed by atoms with E-state index in [4.69, 9.17) is 5.11 Å². The van der Waals surface area contributed by atoms with Crippen LogP contribution in [0.25, 0.3) is 0 Å². The molecule has 0 radical (unpaired) electrons. The van der Waals surface area contributed by atoms with Crippen molar-refractivity contribution >= 4 is 11.6 Å². The van der Waals surface area contributed by atoms with Gasteiger partial charge in [-0.3, -0.25) is 9.59 Å². The Labute approximate surface area is 66.4 Å². The van der Waals surface area contributed by atoms with E-state index < -0.39 is 0 Å². The molecular weight excluding hydrogens is 144 g/mol. The van der Waals surface area contributed by atoms with E-state index in [9.17, 15) is 9.59 Å². The highest BCUT2D eigenvalue weighted by atomic mass is 16.3. The Morgan fingerprint density at radius 3 is 2.18 bits per heavy atom. The van der Waals surface area contributed by atoms with Gasteiger partial charge in [0.1, 0.15) is 0 Å². The van der Waals surface area contributed by atoms with Crippen LogP contribution in [0.1, 0.15) is 32.6 Å². The predicted octanol–water partition coefficient (Wildman–Crippen LogP) is 0.697. The van der Waals surface area contributed by atoms with E-state index in [1.807, 2.05) is 6.92 Å². The van der Waals surface area contributed by atoms with Crippen LogP contribution in [0.4, 0.5) is 0 Å². The summed E-state index contributed by atoms with van der Waals surface area (Å²) < 4.78 is 0. The molecule has 3 nitrogen and oxygen atoms in total. The van der Waals surface area contributed by atoms with Gasteiger partial charge >= 0.3 is 0 Å². The van der Waals surface area contributed by atoms with Crippen LogP contribution < -0.4 is 0 Å². The topological polar surface area (TPSA) is 54.4 Å². The highest BCUT2D eigenvalue weighted by Gasteiger charge is 2.10. The Morgan fingerprint density at radius 1 is 1.18 bits per heavy atom. The van der Waals surface area contributed by atoms with Crippen molar-refractivity contribution in [1.29, 1.82) is 0 Å². The standard InChI is InChI=1S/C8H14O3/c1-2-4-7(10)8(11)5-3-6-9/h9H,2-6H2,1H3. The molecule has 3 heteroatoms. The van der Waals surface area contributed by atoms with Crippen molar-refractivity contribution in [3.63, 3.8) is 0 Å². The molecule has 1 N–H and O–H groups in total. The molecule has 64 valence electrons. The SMILES string of the molecule is CCCC(=O)C(=O)CCCO. The van der Waals surface area contributed by atoms with Gasteiger partial charge in [-0.05, 0) is 12.8 Å². The van der Waals surface area contributed by atoms with Gasteiger partial charge in [-0.25, -0.2) is 0 Å². The van der Waals surface area contributed by atoms with E-state index in [2.05, 4.69) is 0 Å². The summed E-state index contributed by atoms with van der Waals surface area (Å²) in [5, 5.41) is 8.36. The molecule has 0 aliphatic rings. The molecule has 0 aromatic carbocycles. The summed E-state index contributed by atoms with van der Waals surface area (Å²) in [6, 6.07) is 0. The Hall–Kier alpha value is -0.700. The number of aliphatic hydroxyl groups is 1. The van der Waals surface area contributed by atoms with Gasteiger partial charge in [0, 0.05) is 19.4 Å². The minimum atomic E-state index is -0.346. The molecule has 0 bridgehead atoms. The monoisotopic (exact) mass is 158 g/mol. The Morgan fingerprint density at radius 2 is 1.73 bits per heavy atom. The Kier molecular flexibility index (Phi) is 5.65. The third-order valence-electron chi connectivity index (χ3n) is 1.35. The second kappa shape index (κ2) is 6.04. The molecule has 0 rings (SSSR count). The summed E-state index contributed by atoms with van der Waals surface area (Å²) in [6.07, 6.45) is 1.64. The number of hydrogen-bond acceptors (Lipinski definition) is 3. The second-order valence-electron chi connectivity index (χ2n) is 2.42. The van der Waals surface area contributed by atoms with E-state index in [0.29, 0.717) is 19.3 Å². The summed E-state index contributed by atoms with van der Waals surface area (Å²) in [5.41, 5.74) is 0. The maximum Gasteiger partial charge on any atom is 0.198 e. The van der Waals surface area contributed by atoms with E-state index >= 15 is 0 Å². The minimum absolute atomic E-state index is 0.0227. The van der Waals surface area contributed by atoms with Crippen molar-refractivity contribution in [1.82, 2.24) is 0 Å². The number of hydrogen-bond donors (Lipinski definition) is 1. The molecule has 0 aliphatic heterocycles. The fourth-order valence-electron chi connectivity index (χ4n) is 0.746. The van der Waals surface area contributed by atoms with E-state index in [1.165, 1.54) is 0 Å². The molecule has 0 heterocycles. The van der Waals surface area contributed by atoms with Crippen molar-refractivity contribution in [2.75, 3.05) is 6.61 Å². The molecule has 0 spiro atoms. The van der Waals surface area contributed by atoms with Crippen LogP contribution in [0.3, 0.4) is 0 Å². The van der Waals surface area contributed by atoms with Crippen LogP contribution in [0.2, 0.25) is 0 Å². The Bertz CT molecular complexity index is 140. The normalized spacial score (nSPS) is 9.64. The average Bonchev–Trinajstić information content (AvgIpc) is 2.00.